The van der Waals surface area contributed by atoms with Gasteiger partial charge in [0.05, 0.1) is 6.61 Å². The maximum absolute atomic E-state index is 5.97. The molecule has 0 aromatic heterocycles. The van der Waals surface area contributed by atoms with Gasteiger partial charge in [-0.25, -0.2) is 0 Å². The highest BCUT2D eigenvalue weighted by molar-refractivity contribution is 7.99. The second-order valence-electron chi connectivity index (χ2n) is 6.97. The van der Waals surface area contributed by atoms with E-state index in [0.717, 1.165) is 30.2 Å². The minimum atomic E-state index is 0.722. The maximum Gasteiger partial charge on any atom is 0.119 e. The lowest BCUT2D eigenvalue weighted by atomic mass is 9.93. The number of rotatable bonds is 5. The largest absolute Gasteiger partial charge is 0.493 e. The van der Waals surface area contributed by atoms with Gasteiger partial charge in [0.15, 0.2) is 0 Å². The first-order valence-electron chi connectivity index (χ1n) is 8.39. The number of ether oxygens (including phenoxy) is 1. The summed E-state index contributed by atoms with van der Waals surface area (Å²) in [5.41, 5.74) is 1.55. The van der Waals surface area contributed by atoms with Crippen LogP contribution in [0.4, 0.5) is 0 Å². The van der Waals surface area contributed by atoms with Crippen molar-refractivity contribution in [2.24, 2.45) is 5.92 Å². The summed E-state index contributed by atoms with van der Waals surface area (Å²) >= 11 is 2.03. The minimum absolute atomic E-state index is 0.722. The molecule has 1 saturated heterocycles. The monoisotopic (exact) mass is 303 g/mol. The van der Waals surface area contributed by atoms with Gasteiger partial charge in [0, 0.05) is 16.7 Å². The van der Waals surface area contributed by atoms with Crippen LogP contribution in [-0.2, 0) is 0 Å². The van der Waals surface area contributed by atoms with Crippen LogP contribution in [0.1, 0.15) is 43.6 Å². The zero-order valence-corrected chi connectivity index (χ0v) is 13.7. The van der Waals surface area contributed by atoms with Gasteiger partial charge in [-0.2, -0.15) is 0 Å². The van der Waals surface area contributed by atoms with Gasteiger partial charge >= 0.3 is 0 Å². The fourth-order valence-corrected chi connectivity index (χ4v) is 4.90. The van der Waals surface area contributed by atoms with Crippen molar-refractivity contribution in [1.29, 1.82) is 0 Å². The van der Waals surface area contributed by atoms with E-state index in [4.69, 9.17) is 4.74 Å². The van der Waals surface area contributed by atoms with Crippen LogP contribution in [0.25, 0.3) is 0 Å². The van der Waals surface area contributed by atoms with Gasteiger partial charge in [0.2, 0.25) is 0 Å². The molecule has 114 valence electrons. The SMILES string of the molecule is CN1CCC[C@@H]1CC1CSc2ccc(OCC3CC3)cc21. The normalized spacial score (nSPS) is 28.8. The standard InChI is InChI=1S/C18H25NOS/c1-19-8-2-3-15(19)9-14-12-21-18-7-6-16(10-17(14)18)20-11-13-4-5-13/h6-7,10,13-15H,2-5,8-9,11-12H2,1H3/t14?,15-/m1/s1. The van der Waals surface area contributed by atoms with Gasteiger partial charge in [-0.15, -0.1) is 11.8 Å². The molecule has 0 bridgehead atoms. The van der Waals surface area contributed by atoms with E-state index in [1.54, 1.807) is 5.56 Å². The van der Waals surface area contributed by atoms with Crippen molar-refractivity contribution < 1.29 is 4.74 Å². The molecule has 0 amide bonds. The Kier molecular flexibility index (Phi) is 3.89. The van der Waals surface area contributed by atoms with Crippen molar-refractivity contribution in [3.8, 4) is 5.75 Å². The van der Waals surface area contributed by atoms with Crippen molar-refractivity contribution in [3.05, 3.63) is 23.8 Å². The first-order chi connectivity index (χ1) is 10.3. The average Bonchev–Trinajstić information content (AvgIpc) is 3.13. The van der Waals surface area contributed by atoms with Crippen LogP contribution < -0.4 is 4.74 Å². The lowest BCUT2D eigenvalue weighted by Crippen LogP contribution is -2.26. The topological polar surface area (TPSA) is 12.5 Å². The van der Waals surface area contributed by atoms with Gasteiger partial charge in [-0.3, -0.25) is 0 Å². The van der Waals surface area contributed by atoms with Crippen molar-refractivity contribution in [2.45, 2.75) is 49.0 Å². The third-order valence-corrected chi connectivity index (χ3v) is 6.52. The number of fused-ring (bicyclic) bond motifs is 1. The molecule has 4 rings (SSSR count). The van der Waals surface area contributed by atoms with Crippen LogP contribution in [0.2, 0.25) is 0 Å². The zero-order valence-electron chi connectivity index (χ0n) is 12.9. The molecule has 1 aliphatic carbocycles. The summed E-state index contributed by atoms with van der Waals surface area (Å²) in [5.74, 6) is 3.90. The predicted octanol–water partition coefficient (Wildman–Crippen LogP) is 4.15. The van der Waals surface area contributed by atoms with Crippen molar-refractivity contribution >= 4 is 11.8 Å². The Morgan fingerprint density at radius 1 is 1.29 bits per heavy atom. The Morgan fingerprint density at radius 2 is 2.19 bits per heavy atom. The van der Waals surface area contributed by atoms with Crippen LogP contribution in [0.5, 0.6) is 5.75 Å². The molecule has 1 saturated carbocycles. The maximum atomic E-state index is 5.97. The average molecular weight is 303 g/mol. The van der Waals surface area contributed by atoms with Crippen LogP contribution in [0.3, 0.4) is 0 Å². The predicted molar refractivity (Wildman–Crippen MR) is 88.4 cm³/mol. The third kappa shape index (κ3) is 3.09. The quantitative estimate of drug-likeness (QED) is 0.811. The fraction of sp³-hybridized carbons (Fsp3) is 0.667. The molecule has 1 unspecified atom stereocenters. The lowest BCUT2D eigenvalue weighted by Gasteiger charge is -2.23. The van der Waals surface area contributed by atoms with E-state index in [9.17, 15) is 0 Å². The number of benzene rings is 1. The highest BCUT2D eigenvalue weighted by Crippen LogP contribution is 2.44. The third-order valence-electron chi connectivity index (χ3n) is 5.27. The smallest absolute Gasteiger partial charge is 0.119 e. The molecule has 3 heteroatoms. The van der Waals surface area contributed by atoms with Gasteiger partial charge in [0.25, 0.3) is 0 Å². The molecule has 21 heavy (non-hydrogen) atoms. The fourth-order valence-electron chi connectivity index (χ4n) is 3.65. The molecule has 3 aliphatic rings. The van der Waals surface area contributed by atoms with Crippen LogP contribution in [0.15, 0.2) is 23.1 Å². The zero-order chi connectivity index (χ0) is 14.2. The summed E-state index contributed by atoms with van der Waals surface area (Å²) in [7, 11) is 2.29. The number of nitrogens with zero attached hydrogens (tertiary/aromatic N) is 1. The molecular weight excluding hydrogens is 278 g/mol. The van der Waals surface area contributed by atoms with Gasteiger partial charge in [0.1, 0.15) is 5.75 Å². The van der Waals surface area contributed by atoms with E-state index >= 15 is 0 Å². The van der Waals surface area contributed by atoms with Crippen LogP contribution in [-0.4, -0.2) is 36.9 Å². The molecule has 0 spiro atoms. The summed E-state index contributed by atoms with van der Waals surface area (Å²) in [5, 5.41) is 0. The lowest BCUT2D eigenvalue weighted by molar-refractivity contribution is 0.285. The molecule has 1 aromatic carbocycles. The summed E-state index contributed by atoms with van der Waals surface area (Å²) in [6.07, 6.45) is 6.79. The van der Waals surface area contributed by atoms with Crippen molar-refractivity contribution in [2.75, 3.05) is 26.0 Å². The molecule has 2 heterocycles. The Morgan fingerprint density at radius 3 is 2.95 bits per heavy atom. The summed E-state index contributed by atoms with van der Waals surface area (Å²) in [4.78, 5) is 4.04. The molecule has 0 N–H and O–H groups in total. The second kappa shape index (κ2) is 5.85. The number of likely N-dealkylation sites (tertiary alicyclic amines) is 1. The van der Waals surface area contributed by atoms with Gasteiger partial charge in [-0.1, -0.05) is 0 Å². The summed E-state index contributed by atoms with van der Waals surface area (Å²) in [6.45, 7) is 2.20. The molecular formula is C18H25NOS. The van der Waals surface area contributed by atoms with E-state index in [0.29, 0.717) is 0 Å². The van der Waals surface area contributed by atoms with E-state index in [2.05, 4.69) is 30.1 Å². The van der Waals surface area contributed by atoms with Gasteiger partial charge in [-0.05, 0) is 81.3 Å². The van der Waals surface area contributed by atoms with Crippen molar-refractivity contribution in [1.82, 2.24) is 4.90 Å². The second-order valence-corrected chi connectivity index (χ2v) is 8.04. The number of thioether (sulfide) groups is 1. The van der Waals surface area contributed by atoms with Crippen LogP contribution >= 0.6 is 11.8 Å². The highest BCUT2D eigenvalue weighted by atomic mass is 32.2. The van der Waals surface area contributed by atoms with E-state index in [-0.39, 0.29) is 0 Å². The molecule has 1 aromatic rings. The molecule has 2 nitrogen and oxygen atoms in total. The highest BCUT2D eigenvalue weighted by Gasteiger charge is 2.30. The molecule has 0 radical (unpaired) electrons. The minimum Gasteiger partial charge on any atom is -0.493 e. The summed E-state index contributed by atoms with van der Waals surface area (Å²) in [6, 6.07) is 7.56. The number of hydrogen-bond donors (Lipinski definition) is 0. The van der Waals surface area contributed by atoms with E-state index in [1.807, 2.05) is 11.8 Å². The first kappa shape index (κ1) is 14.0. The van der Waals surface area contributed by atoms with Crippen LogP contribution in [0, 0.1) is 5.92 Å². The van der Waals surface area contributed by atoms with E-state index in [1.165, 1.54) is 49.3 Å². The first-order valence-corrected chi connectivity index (χ1v) is 9.38. The van der Waals surface area contributed by atoms with Gasteiger partial charge < -0.3 is 9.64 Å². The van der Waals surface area contributed by atoms with E-state index < -0.39 is 0 Å². The molecule has 2 atom stereocenters. The van der Waals surface area contributed by atoms with Crippen molar-refractivity contribution in [3.63, 3.8) is 0 Å². The Labute approximate surface area is 132 Å². The number of hydrogen-bond acceptors (Lipinski definition) is 3. The summed E-state index contributed by atoms with van der Waals surface area (Å²) < 4.78 is 5.97. The molecule has 2 aliphatic heterocycles. The Hall–Kier alpha value is -0.670. The Balaban J connectivity index is 1.45. The Bertz CT molecular complexity index is 514. The molecule has 2 fully saturated rings.